The number of hydrogen-bond acceptors (Lipinski definition) is 3. The smallest absolute Gasteiger partial charge is 0.252 e. The molecule has 2 rings (SSSR count). The molecule has 0 aliphatic rings. The van der Waals surface area contributed by atoms with Crippen molar-refractivity contribution in [3.8, 4) is 0 Å². The molecular formula is C17H20FN3O. The van der Waals surface area contributed by atoms with Crippen LogP contribution in [0.5, 0.6) is 0 Å². The molecule has 1 heterocycles. The van der Waals surface area contributed by atoms with Crippen molar-refractivity contribution in [3.05, 3.63) is 59.7 Å². The van der Waals surface area contributed by atoms with Crippen molar-refractivity contribution in [3.63, 3.8) is 0 Å². The van der Waals surface area contributed by atoms with Gasteiger partial charge in [0.05, 0.1) is 11.3 Å². The fraction of sp³-hybridized carbons (Fsp3) is 0.294. The minimum atomic E-state index is -0.256. The zero-order valence-corrected chi connectivity index (χ0v) is 12.8. The Labute approximate surface area is 129 Å². The summed E-state index contributed by atoms with van der Waals surface area (Å²) in [5, 5.41) is 5.92. The summed E-state index contributed by atoms with van der Waals surface area (Å²) in [7, 11) is 0. The average molecular weight is 301 g/mol. The van der Waals surface area contributed by atoms with Crippen molar-refractivity contribution in [2.45, 2.75) is 20.4 Å². The van der Waals surface area contributed by atoms with Crippen LogP contribution < -0.4 is 10.6 Å². The van der Waals surface area contributed by atoms with E-state index in [1.807, 2.05) is 13.8 Å². The number of halogens is 1. The van der Waals surface area contributed by atoms with Gasteiger partial charge in [-0.15, -0.1) is 0 Å². The van der Waals surface area contributed by atoms with E-state index >= 15 is 0 Å². The molecule has 0 fully saturated rings. The normalized spacial score (nSPS) is 10.5. The zero-order chi connectivity index (χ0) is 15.9. The predicted octanol–water partition coefficient (Wildman–Crippen LogP) is 3.22. The third-order valence-electron chi connectivity index (χ3n) is 3.11. The highest BCUT2D eigenvalue weighted by Crippen LogP contribution is 2.12. The third-order valence-corrected chi connectivity index (χ3v) is 3.11. The topological polar surface area (TPSA) is 54.0 Å². The Morgan fingerprint density at radius 2 is 2.05 bits per heavy atom. The first-order chi connectivity index (χ1) is 10.6. The standard InChI is InChI=1S/C17H20FN3O/c1-12(2)8-21-17(22)14-7-15(11-19-9-14)20-10-13-5-3-4-6-16(13)18/h3-7,9,11-12,20H,8,10H2,1-2H3,(H,21,22). The second-order valence-electron chi connectivity index (χ2n) is 5.51. The highest BCUT2D eigenvalue weighted by atomic mass is 19.1. The molecule has 116 valence electrons. The lowest BCUT2D eigenvalue weighted by Crippen LogP contribution is -2.27. The van der Waals surface area contributed by atoms with Crippen molar-refractivity contribution in [2.24, 2.45) is 5.92 Å². The Bertz CT molecular complexity index is 643. The summed E-state index contributed by atoms with van der Waals surface area (Å²) in [6.45, 7) is 5.02. The van der Waals surface area contributed by atoms with E-state index in [-0.39, 0.29) is 11.7 Å². The van der Waals surface area contributed by atoms with Crippen molar-refractivity contribution in [1.29, 1.82) is 0 Å². The number of nitrogens with one attached hydrogen (secondary N) is 2. The first-order valence-corrected chi connectivity index (χ1v) is 7.27. The molecule has 2 aromatic rings. The van der Waals surface area contributed by atoms with Crippen LogP contribution in [0.3, 0.4) is 0 Å². The highest BCUT2D eigenvalue weighted by molar-refractivity contribution is 5.94. The first kappa shape index (κ1) is 15.9. The molecule has 5 heteroatoms. The van der Waals surface area contributed by atoms with E-state index in [2.05, 4.69) is 15.6 Å². The lowest BCUT2D eigenvalue weighted by atomic mass is 10.2. The molecule has 0 unspecified atom stereocenters. The molecule has 1 aromatic carbocycles. The Balaban J connectivity index is 1.99. The summed E-state index contributed by atoms with van der Waals surface area (Å²) in [6.07, 6.45) is 3.13. The van der Waals surface area contributed by atoms with Gasteiger partial charge >= 0.3 is 0 Å². The Morgan fingerprint density at radius 1 is 1.27 bits per heavy atom. The van der Waals surface area contributed by atoms with E-state index in [9.17, 15) is 9.18 Å². The fourth-order valence-electron chi connectivity index (χ4n) is 1.90. The van der Waals surface area contributed by atoms with Gasteiger partial charge in [-0.3, -0.25) is 9.78 Å². The third kappa shape index (κ3) is 4.55. The molecular weight excluding hydrogens is 281 g/mol. The number of nitrogens with zero attached hydrogens (tertiary/aromatic N) is 1. The van der Waals surface area contributed by atoms with Gasteiger partial charge in [-0.25, -0.2) is 4.39 Å². The lowest BCUT2D eigenvalue weighted by molar-refractivity contribution is 0.0948. The minimum absolute atomic E-state index is 0.157. The number of rotatable bonds is 6. The van der Waals surface area contributed by atoms with Crippen LogP contribution in [0.2, 0.25) is 0 Å². The van der Waals surface area contributed by atoms with Crippen molar-refractivity contribution in [2.75, 3.05) is 11.9 Å². The summed E-state index contributed by atoms with van der Waals surface area (Å²) >= 11 is 0. The highest BCUT2D eigenvalue weighted by Gasteiger charge is 2.08. The number of amides is 1. The number of pyridine rings is 1. The number of benzene rings is 1. The predicted molar refractivity (Wildman–Crippen MR) is 85.1 cm³/mol. The Hall–Kier alpha value is -2.43. The Kier molecular flexibility index (Phi) is 5.47. The van der Waals surface area contributed by atoms with E-state index in [1.165, 1.54) is 12.3 Å². The minimum Gasteiger partial charge on any atom is -0.380 e. The van der Waals surface area contributed by atoms with Crippen LogP contribution in [0, 0.1) is 11.7 Å². The van der Waals surface area contributed by atoms with Crippen LogP contribution >= 0.6 is 0 Å². The molecule has 1 amide bonds. The van der Waals surface area contributed by atoms with Crippen LogP contribution in [0.15, 0.2) is 42.7 Å². The molecule has 0 radical (unpaired) electrons. The molecule has 0 bridgehead atoms. The molecule has 0 spiro atoms. The van der Waals surface area contributed by atoms with Gasteiger partial charge in [0.1, 0.15) is 5.82 Å². The van der Waals surface area contributed by atoms with Gasteiger partial charge in [0.25, 0.3) is 5.91 Å². The van der Waals surface area contributed by atoms with Gasteiger partial charge in [-0.1, -0.05) is 32.0 Å². The van der Waals surface area contributed by atoms with Gasteiger partial charge in [-0.05, 0) is 18.1 Å². The van der Waals surface area contributed by atoms with Crippen LogP contribution in [0.1, 0.15) is 29.8 Å². The largest absolute Gasteiger partial charge is 0.380 e. The second-order valence-corrected chi connectivity index (χ2v) is 5.51. The molecule has 2 N–H and O–H groups in total. The number of carbonyl (C=O) groups excluding carboxylic acids is 1. The average Bonchev–Trinajstić information content (AvgIpc) is 2.52. The van der Waals surface area contributed by atoms with Gasteiger partial charge in [0.2, 0.25) is 0 Å². The molecule has 0 aliphatic carbocycles. The van der Waals surface area contributed by atoms with Crippen LogP contribution in [0.4, 0.5) is 10.1 Å². The lowest BCUT2D eigenvalue weighted by Gasteiger charge is -2.10. The molecule has 1 aromatic heterocycles. The van der Waals surface area contributed by atoms with Crippen molar-refractivity contribution >= 4 is 11.6 Å². The summed E-state index contributed by atoms with van der Waals surface area (Å²) in [6, 6.07) is 8.29. The van der Waals surface area contributed by atoms with Crippen molar-refractivity contribution < 1.29 is 9.18 Å². The quantitative estimate of drug-likeness (QED) is 0.861. The maximum absolute atomic E-state index is 13.6. The van der Waals surface area contributed by atoms with E-state index in [4.69, 9.17) is 0 Å². The molecule has 0 atom stereocenters. The molecule has 4 nitrogen and oxygen atoms in total. The van der Waals surface area contributed by atoms with E-state index in [0.717, 1.165) is 0 Å². The van der Waals surface area contributed by atoms with E-state index in [1.54, 1.807) is 30.5 Å². The molecule has 0 aliphatic heterocycles. The van der Waals surface area contributed by atoms with Gasteiger partial charge in [0, 0.05) is 31.0 Å². The SMILES string of the molecule is CC(C)CNC(=O)c1cncc(NCc2ccccc2F)c1. The number of aromatic nitrogens is 1. The number of hydrogen-bond donors (Lipinski definition) is 2. The van der Waals surface area contributed by atoms with E-state index in [0.29, 0.717) is 35.8 Å². The summed E-state index contributed by atoms with van der Waals surface area (Å²) < 4.78 is 13.6. The summed E-state index contributed by atoms with van der Waals surface area (Å²) in [5.74, 6) is -0.0243. The molecule has 22 heavy (non-hydrogen) atoms. The molecule has 0 saturated heterocycles. The summed E-state index contributed by atoms with van der Waals surface area (Å²) in [4.78, 5) is 16.0. The van der Waals surface area contributed by atoms with E-state index < -0.39 is 0 Å². The van der Waals surface area contributed by atoms with Crippen LogP contribution in [-0.4, -0.2) is 17.4 Å². The zero-order valence-electron chi connectivity index (χ0n) is 12.8. The van der Waals surface area contributed by atoms with Crippen LogP contribution in [-0.2, 0) is 6.54 Å². The monoisotopic (exact) mass is 301 g/mol. The maximum Gasteiger partial charge on any atom is 0.252 e. The number of anilines is 1. The van der Waals surface area contributed by atoms with Gasteiger partial charge in [0.15, 0.2) is 0 Å². The first-order valence-electron chi connectivity index (χ1n) is 7.27. The maximum atomic E-state index is 13.6. The van der Waals surface area contributed by atoms with Gasteiger partial charge in [-0.2, -0.15) is 0 Å². The fourth-order valence-corrected chi connectivity index (χ4v) is 1.90. The number of carbonyl (C=O) groups is 1. The second kappa shape index (κ2) is 7.54. The van der Waals surface area contributed by atoms with Gasteiger partial charge < -0.3 is 10.6 Å². The summed E-state index contributed by atoms with van der Waals surface area (Å²) in [5.41, 5.74) is 1.73. The van der Waals surface area contributed by atoms with Crippen molar-refractivity contribution in [1.82, 2.24) is 10.3 Å². The Morgan fingerprint density at radius 3 is 2.77 bits per heavy atom. The molecule has 0 saturated carbocycles. The van der Waals surface area contributed by atoms with Crippen LogP contribution in [0.25, 0.3) is 0 Å².